The van der Waals surface area contributed by atoms with E-state index in [0.29, 0.717) is 10.8 Å². The minimum absolute atomic E-state index is 0.0985. The Hall–Kier alpha value is -2.73. The van der Waals surface area contributed by atoms with Gasteiger partial charge in [-0.25, -0.2) is 0 Å². The SMILES string of the molecule is COc1ccc(Cl)cc1C(=O)NNC(=O)CCOc1ccccc1C. The molecule has 25 heavy (non-hydrogen) atoms. The first-order valence-electron chi connectivity index (χ1n) is 7.62. The van der Waals surface area contributed by atoms with E-state index >= 15 is 0 Å². The van der Waals surface area contributed by atoms with Crippen LogP contribution in [0.2, 0.25) is 5.02 Å². The number of hydrazine groups is 1. The topological polar surface area (TPSA) is 76.7 Å². The normalized spacial score (nSPS) is 10.0. The number of para-hydroxylation sites is 1. The summed E-state index contributed by atoms with van der Waals surface area (Å²) in [4.78, 5) is 23.9. The third-order valence-corrected chi connectivity index (χ3v) is 3.64. The summed E-state index contributed by atoms with van der Waals surface area (Å²) in [5, 5.41) is 0.393. The van der Waals surface area contributed by atoms with Gasteiger partial charge in [0, 0.05) is 5.02 Å². The molecule has 0 bridgehead atoms. The number of rotatable bonds is 6. The Balaban J connectivity index is 1.81. The Labute approximate surface area is 151 Å². The molecule has 2 N–H and O–H groups in total. The largest absolute Gasteiger partial charge is 0.496 e. The van der Waals surface area contributed by atoms with Gasteiger partial charge in [-0.3, -0.25) is 20.4 Å². The summed E-state index contributed by atoms with van der Waals surface area (Å²) in [6.07, 6.45) is 0.0985. The zero-order valence-corrected chi connectivity index (χ0v) is 14.7. The number of ether oxygens (including phenoxy) is 2. The predicted molar refractivity (Wildman–Crippen MR) is 94.9 cm³/mol. The molecule has 132 valence electrons. The third-order valence-electron chi connectivity index (χ3n) is 3.40. The number of halogens is 1. The first kappa shape index (κ1) is 18.6. The van der Waals surface area contributed by atoms with Crippen LogP contribution in [-0.4, -0.2) is 25.5 Å². The molecule has 0 spiro atoms. The first-order chi connectivity index (χ1) is 12.0. The summed E-state index contributed by atoms with van der Waals surface area (Å²) in [6, 6.07) is 12.2. The Kier molecular flexibility index (Phi) is 6.65. The van der Waals surface area contributed by atoms with E-state index < -0.39 is 5.91 Å². The van der Waals surface area contributed by atoms with Crippen molar-refractivity contribution in [1.82, 2.24) is 10.9 Å². The van der Waals surface area contributed by atoms with E-state index in [1.807, 2.05) is 31.2 Å². The second-order valence-corrected chi connectivity index (χ2v) is 5.65. The molecule has 0 heterocycles. The van der Waals surface area contributed by atoms with Crippen LogP contribution >= 0.6 is 11.6 Å². The number of carbonyl (C=O) groups is 2. The van der Waals surface area contributed by atoms with Crippen LogP contribution in [-0.2, 0) is 4.79 Å². The molecule has 0 aliphatic carbocycles. The lowest BCUT2D eigenvalue weighted by molar-refractivity contribution is -0.122. The zero-order valence-electron chi connectivity index (χ0n) is 14.0. The summed E-state index contributed by atoms with van der Waals surface area (Å²) in [5.74, 6) is 0.192. The van der Waals surface area contributed by atoms with Gasteiger partial charge in [-0.05, 0) is 36.8 Å². The number of hydrogen-bond acceptors (Lipinski definition) is 4. The molecule has 7 heteroatoms. The molecule has 6 nitrogen and oxygen atoms in total. The lowest BCUT2D eigenvalue weighted by Gasteiger charge is -2.11. The van der Waals surface area contributed by atoms with E-state index in [9.17, 15) is 9.59 Å². The maximum absolute atomic E-state index is 12.1. The average Bonchev–Trinajstić information content (AvgIpc) is 2.61. The molecule has 0 aromatic heterocycles. The van der Waals surface area contributed by atoms with E-state index in [0.717, 1.165) is 11.3 Å². The average molecular weight is 363 g/mol. The van der Waals surface area contributed by atoms with Crippen molar-refractivity contribution in [1.29, 1.82) is 0 Å². The van der Waals surface area contributed by atoms with E-state index in [-0.39, 0.29) is 24.5 Å². The highest BCUT2D eigenvalue weighted by Gasteiger charge is 2.13. The van der Waals surface area contributed by atoms with Gasteiger partial charge in [0.1, 0.15) is 11.5 Å². The van der Waals surface area contributed by atoms with Crippen molar-refractivity contribution in [3.8, 4) is 11.5 Å². The number of carbonyl (C=O) groups excluding carboxylic acids is 2. The van der Waals surface area contributed by atoms with Crippen LogP contribution in [0.5, 0.6) is 11.5 Å². The molecule has 0 saturated heterocycles. The zero-order chi connectivity index (χ0) is 18.2. The molecule has 2 rings (SSSR count). The quantitative estimate of drug-likeness (QED) is 0.775. The van der Waals surface area contributed by atoms with E-state index in [2.05, 4.69) is 10.9 Å². The molecule has 0 radical (unpaired) electrons. The van der Waals surface area contributed by atoms with Crippen LogP contribution in [0.4, 0.5) is 0 Å². The molecule has 0 aliphatic heterocycles. The Morgan fingerprint density at radius 3 is 2.56 bits per heavy atom. The molecule has 2 amide bonds. The van der Waals surface area contributed by atoms with Crippen molar-refractivity contribution < 1.29 is 19.1 Å². The van der Waals surface area contributed by atoms with Crippen molar-refractivity contribution in [3.63, 3.8) is 0 Å². The van der Waals surface area contributed by atoms with Gasteiger partial charge in [0.2, 0.25) is 5.91 Å². The molecule has 0 unspecified atom stereocenters. The van der Waals surface area contributed by atoms with Crippen LogP contribution in [0, 0.1) is 6.92 Å². The summed E-state index contributed by atoms with van der Waals surface area (Å²) in [6.45, 7) is 2.13. The van der Waals surface area contributed by atoms with Crippen LogP contribution in [0.15, 0.2) is 42.5 Å². The fraction of sp³-hybridized carbons (Fsp3) is 0.222. The monoisotopic (exact) mass is 362 g/mol. The minimum atomic E-state index is -0.521. The fourth-order valence-corrected chi connectivity index (χ4v) is 2.26. The van der Waals surface area contributed by atoms with Gasteiger partial charge in [0.25, 0.3) is 5.91 Å². The van der Waals surface area contributed by atoms with Crippen LogP contribution < -0.4 is 20.3 Å². The summed E-state index contributed by atoms with van der Waals surface area (Å²) in [5.41, 5.74) is 5.88. The van der Waals surface area contributed by atoms with E-state index in [1.54, 1.807) is 12.1 Å². The molecule has 2 aromatic rings. The Morgan fingerprint density at radius 1 is 1.08 bits per heavy atom. The number of benzene rings is 2. The number of amides is 2. The number of nitrogens with one attached hydrogen (secondary N) is 2. The van der Waals surface area contributed by atoms with Gasteiger partial charge < -0.3 is 9.47 Å². The smallest absolute Gasteiger partial charge is 0.273 e. The first-order valence-corrected chi connectivity index (χ1v) is 8.00. The lowest BCUT2D eigenvalue weighted by atomic mass is 10.2. The maximum atomic E-state index is 12.1. The maximum Gasteiger partial charge on any atom is 0.273 e. The highest BCUT2D eigenvalue weighted by atomic mass is 35.5. The summed E-state index contributed by atoms with van der Waals surface area (Å²) in [7, 11) is 1.45. The third kappa shape index (κ3) is 5.39. The van der Waals surface area contributed by atoms with Crippen molar-refractivity contribution in [2.24, 2.45) is 0 Å². The molecule has 0 saturated carbocycles. The van der Waals surface area contributed by atoms with Gasteiger partial charge in [0.15, 0.2) is 0 Å². The van der Waals surface area contributed by atoms with Crippen LogP contribution in [0.25, 0.3) is 0 Å². The highest BCUT2D eigenvalue weighted by molar-refractivity contribution is 6.31. The van der Waals surface area contributed by atoms with Crippen molar-refractivity contribution in [2.45, 2.75) is 13.3 Å². The van der Waals surface area contributed by atoms with Gasteiger partial charge in [-0.1, -0.05) is 29.8 Å². The van der Waals surface area contributed by atoms with Crippen molar-refractivity contribution in [3.05, 3.63) is 58.6 Å². The molecule has 0 aliphatic rings. The van der Waals surface area contributed by atoms with Gasteiger partial charge in [-0.2, -0.15) is 0 Å². The van der Waals surface area contributed by atoms with Gasteiger partial charge in [0.05, 0.1) is 25.7 Å². The number of aryl methyl sites for hydroxylation is 1. The number of methoxy groups -OCH3 is 1. The van der Waals surface area contributed by atoms with Gasteiger partial charge in [-0.15, -0.1) is 0 Å². The summed E-state index contributed by atoms with van der Waals surface area (Å²) < 4.78 is 10.6. The highest BCUT2D eigenvalue weighted by Crippen LogP contribution is 2.22. The Bertz CT molecular complexity index is 764. The Morgan fingerprint density at radius 2 is 1.84 bits per heavy atom. The van der Waals surface area contributed by atoms with Crippen LogP contribution in [0.1, 0.15) is 22.3 Å². The van der Waals surface area contributed by atoms with E-state index in [4.69, 9.17) is 21.1 Å². The second kappa shape index (κ2) is 8.94. The molecular formula is C18H19ClN2O4. The number of hydrogen-bond donors (Lipinski definition) is 2. The molecule has 0 fully saturated rings. The molecule has 0 atom stereocenters. The van der Waals surface area contributed by atoms with Crippen molar-refractivity contribution in [2.75, 3.05) is 13.7 Å². The van der Waals surface area contributed by atoms with Crippen molar-refractivity contribution >= 4 is 23.4 Å². The molecule has 2 aromatic carbocycles. The predicted octanol–water partition coefficient (Wildman–Crippen LogP) is 2.89. The van der Waals surface area contributed by atoms with Crippen LogP contribution in [0.3, 0.4) is 0 Å². The lowest BCUT2D eigenvalue weighted by Crippen LogP contribution is -2.42. The van der Waals surface area contributed by atoms with E-state index in [1.165, 1.54) is 13.2 Å². The minimum Gasteiger partial charge on any atom is -0.496 e. The summed E-state index contributed by atoms with van der Waals surface area (Å²) >= 11 is 5.88. The molecular weight excluding hydrogens is 344 g/mol. The fourth-order valence-electron chi connectivity index (χ4n) is 2.09. The van der Waals surface area contributed by atoms with Gasteiger partial charge >= 0.3 is 0 Å². The second-order valence-electron chi connectivity index (χ2n) is 5.21. The standard InChI is InChI=1S/C18H19ClN2O4/c1-12-5-3-4-6-15(12)25-10-9-17(22)20-21-18(23)14-11-13(19)7-8-16(14)24-2/h3-8,11H,9-10H2,1-2H3,(H,20,22)(H,21,23).